The number of aryl methyl sites for hydroxylation is 1. The van der Waals surface area contributed by atoms with Crippen LogP contribution in [0.25, 0.3) is 33.1 Å². The number of likely N-dealkylation sites (tertiary alicyclic amines) is 1. The van der Waals surface area contributed by atoms with Crippen LogP contribution in [0.2, 0.25) is 0 Å². The van der Waals surface area contributed by atoms with E-state index < -0.39 is 10.0 Å². The van der Waals surface area contributed by atoms with Gasteiger partial charge in [0.15, 0.2) is 5.65 Å². The number of anilines is 1. The number of hydrogen-bond acceptors (Lipinski definition) is 6. The van der Waals surface area contributed by atoms with Crippen LogP contribution in [0.3, 0.4) is 0 Å². The molecule has 37 heavy (non-hydrogen) atoms. The highest BCUT2D eigenvalue weighted by Gasteiger charge is 2.23. The number of rotatable bonds is 5. The molecule has 1 saturated heterocycles. The van der Waals surface area contributed by atoms with Gasteiger partial charge in [-0.3, -0.25) is 4.98 Å². The highest BCUT2D eigenvalue weighted by Crippen LogP contribution is 2.35. The summed E-state index contributed by atoms with van der Waals surface area (Å²) in [6.45, 7) is 4.09. The van der Waals surface area contributed by atoms with Crippen molar-refractivity contribution in [2.75, 3.05) is 25.5 Å². The Kier molecular flexibility index (Phi) is 5.93. The number of nitrogens with one attached hydrogen (secondary N) is 1. The Bertz CT molecular complexity index is 1700. The largest absolute Gasteiger partial charge is 0.382 e. The minimum Gasteiger partial charge on any atom is -0.382 e. The first-order valence-electron chi connectivity index (χ1n) is 12.5. The van der Waals surface area contributed by atoms with Gasteiger partial charge < -0.3 is 10.2 Å². The van der Waals surface area contributed by atoms with Crippen molar-refractivity contribution in [2.24, 2.45) is 0 Å². The molecule has 0 spiro atoms. The number of fused-ring (bicyclic) bond motifs is 2. The Morgan fingerprint density at radius 2 is 1.70 bits per heavy atom. The molecule has 0 amide bonds. The van der Waals surface area contributed by atoms with Crippen LogP contribution in [-0.2, 0) is 10.0 Å². The van der Waals surface area contributed by atoms with Crippen LogP contribution in [0.15, 0.2) is 84.1 Å². The molecular weight excluding hydrogens is 482 g/mol. The summed E-state index contributed by atoms with van der Waals surface area (Å²) >= 11 is 0. The molecule has 188 valence electrons. The van der Waals surface area contributed by atoms with Crippen LogP contribution in [-0.4, -0.2) is 53.4 Å². The summed E-state index contributed by atoms with van der Waals surface area (Å²) in [5.41, 5.74) is 5.10. The normalized spacial score (nSPS) is 15.4. The van der Waals surface area contributed by atoms with Gasteiger partial charge in [-0.15, -0.1) is 0 Å². The number of benzene rings is 2. The minimum absolute atomic E-state index is 0.236. The lowest BCUT2D eigenvalue weighted by molar-refractivity contribution is 0.264. The fourth-order valence-corrected chi connectivity index (χ4v) is 6.40. The molecule has 7 nitrogen and oxygen atoms in total. The number of pyridine rings is 2. The van der Waals surface area contributed by atoms with E-state index in [4.69, 9.17) is 0 Å². The molecule has 1 N–H and O–H groups in total. The van der Waals surface area contributed by atoms with Crippen LogP contribution in [0.5, 0.6) is 0 Å². The standard InChI is InChI=1S/C29H29N5O2S/c1-20-5-8-23(9-6-20)37(35,36)34-19-26(24-4-3-14-31-29(24)34)21-7-10-27-25(18-21)28(11-15-30-27)32-22-12-16-33(2)17-13-22/h3-11,14-15,18-19,22H,12-13,16-17H2,1-2H3,(H,30,32). The van der Waals surface area contributed by atoms with Crippen molar-refractivity contribution in [3.05, 3.63) is 84.8 Å². The lowest BCUT2D eigenvalue weighted by Crippen LogP contribution is -2.36. The number of aromatic nitrogens is 3. The maximum absolute atomic E-state index is 13.6. The van der Waals surface area contributed by atoms with Gasteiger partial charge in [-0.1, -0.05) is 23.8 Å². The summed E-state index contributed by atoms with van der Waals surface area (Å²) in [7, 11) is -1.66. The van der Waals surface area contributed by atoms with Gasteiger partial charge in [-0.2, -0.15) is 0 Å². The monoisotopic (exact) mass is 511 g/mol. The second-order valence-corrected chi connectivity index (χ2v) is 11.7. The van der Waals surface area contributed by atoms with Crippen molar-refractivity contribution in [3.8, 4) is 11.1 Å². The second-order valence-electron chi connectivity index (χ2n) is 9.84. The first-order chi connectivity index (χ1) is 17.9. The predicted octanol–water partition coefficient (Wildman–Crippen LogP) is 5.30. The molecule has 2 aromatic carbocycles. The van der Waals surface area contributed by atoms with E-state index in [2.05, 4.69) is 33.3 Å². The van der Waals surface area contributed by atoms with Crippen LogP contribution < -0.4 is 5.32 Å². The summed E-state index contributed by atoms with van der Waals surface area (Å²) < 4.78 is 28.5. The molecule has 4 heterocycles. The maximum atomic E-state index is 13.6. The van der Waals surface area contributed by atoms with Crippen LogP contribution in [0, 0.1) is 6.92 Å². The first kappa shape index (κ1) is 23.6. The van der Waals surface area contributed by atoms with Crippen LogP contribution in [0.4, 0.5) is 5.69 Å². The molecule has 3 aromatic heterocycles. The summed E-state index contributed by atoms with van der Waals surface area (Å²) in [5, 5.41) is 5.54. The van der Waals surface area contributed by atoms with E-state index in [1.54, 1.807) is 24.5 Å². The van der Waals surface area contributed by atoms with E-state index in [0.717, 1.165) is 64.6 Å². The van der Waals surface area contributed by atoms with E-state index >= 15 is 0 Å². The Morgan fingerprint density at radius 1 is 0.919 bits per heavy atom. The van der Waals surface area contributed by atoms with Crippen molar-refractivity contribution in [2.45, 2.75) is 30.7 Å². The van der Waals surface area contributed by atoms with Crippen LogP contribution >= 0.6 is 0 Å². The molecule has 1 aliphatic rings. The minimum atomic E-state index is -3.82. The molecule has 1 fully saturated rings. The zero-order chi connectivity index (χ0) is 25.6. The zero-order valence-corrected chi connectivity index (χ0v) is 21.7. The van der Waals surface area contributed by atoms with Gasteiger partial charge in [0.2, 0.25) is 0 Å². The van der Waals surface area contributed by atoms with Gasteiger partial charge in [0.1, 0.15) is 0 Å². The third kappa shape index (κ3) is 4.36. The van der Waals surface area contributed by atoms with E-state index in [1.165, 1.54) is 3.97 Å². The molecule has 5 aromatic rings. The topological polar surface area (TPSA) is 80.1 Å². The molecule has 6 rings (SSSR count). The SMILES string of the molecule is Cc1ccc(S(=O)(=O)n2cc(-c3ccc4nccc(NC5CCN(C)CC5)c4c3)c3cccnc32)cc1. The van der Waals surface area contributed by atoms with Gasteiger partial charge in [-0.05, 0) is 87.9 Å². The number of hydrogen-bond donors (Lipinski definition) is 1. The van der Waals surface area contributed by atoms with Crippen LogP contribution in [0.1, 0.15) is 18.4 Å². The fraction of sp³-hybridized carbons (Fsp3) is 0.241. The number of piperidine rings is 1. The molecule has 0 bridgehead atoms. The third-order valence-corrected chi connectivity index (χ3v) is 8.90. The second kappa shape index (κ2) is 9.28. The molecule has 8 heteroatoms. The molecule has 0 aliphatic carbocycles. The summed E-state index contributed by atoms with van der Waals surface area (Å²) in [4.78, 5) is 11.6. The zero-order valence-electron chi connectivity index (χ0n) is 20.9. The Hall–Kier alpha value is -3.75. The van der Waals surface area contributed by atoms with Gasteiger partial charge in [-0.25, -0.2) is 17.4 Å². The highest BCUT2D eigenvalue weighted by atomic mass is 32.2. The Labute approximate surface area is 216 Å². The Morgan fingerprint density at radius 3 is 2.49 bits per heavy atom. The van der Waals surface area contributed by atoms with Crippen molar-refractivity contribution in [1.82, 2.24) is 18.8 Å². The summed E-state index contributed by atoms with van der Waals surface area (Å²) in [6, 6.07) is 19.2. The number of nitrogens with zero attached hydrogens (tertiary/aromatic N) is 4. The van der Waals surface area contributed by atoms with E-state index in [-0.39, 0.29) is 4.90 Å². The lowest BCUT2D eigenvalue weighted by atomic mass is 10.0. The lowest BCUT2D eigenvalue weighted by Gasteiger charge is -2.30. The molecular formula is C29H29N5O2S. The maximum Gasteiger partial charge on any atom is 0.269 e. The quantitative estimate of drug-likeness (QED) is 0.345. The summed E-state index contributed by atoms with van der Waals surface area (Å²) in [6.07, 6.45) is 7.34. The van der Waals surface area contributed by atoms with Gasteiger partial charge in [0.05, 0.1) is 10.4 Å². The highest BCUT2D eigenvalue weighted by molar-refractivity contribution is 7.90. The van der Waals surface area contributed by atoms with Crippen molar-refractivity contribution in [3.63, 3.8) is 0 Å². The smallest absolute Gasteiger partial charge is 0.269 e. The first-order valence-corrected chi connectivity index (χ1v) is 14.0. The van der Waals surface area contributed by atoms with Crippen molar-refractivity contribution < 1.29 is 8.42 Å². The average Bonchev–Trinajstić information content (AvgIpc) is 3.31. The van der Waals surface area contributed by atoms with Gasteiger partial charge in [0.25, 0.3) is 10.0 Å². The summed E-state index contributed by atoms with van der Waals surface area (Å²) in [5.74, 6) is 0. The fourth-order valence-electron chi connectivity index (χ4n) is 5.08. The molecule has 0 saturated carbocycles. The van der Waals surface area contributed by atoms with Gasteiger partial charge in [0, 0.05) is 46.7 Å². The third-order valence-electron chi connectivity index (χ3n) is 7.24. The van der Waals surface area contributed by atoms with Gasteiger partial charge >= 0.3 is 0 Å². The van der Waals surface area contributed by atoms with Crippen molar-refractivity contribution in [1.29, 1.82) is 0 Å². The predicted molar refractivity (Wildman–Crippen MR) is 148 cm³/mol. The molecule has 1 aliphatic heterocycles. The van der Waals surface area contributed by atoms with Crippen molar-refractivity contribution >= 4 is 37.6 Å². The average molecular weight is 512 g/mol. The molecule has 0 radical (unpaired) electrons. The Balaban J connectivity index is 1.45. The van der Waals surface area contributed by atoms with E-state index in [9.17, 15) is 8.42 Å². The molecule has 0 atom stereocenters. The van der Waals surface area contributed by atoms with E-state index in [1.807, 2.05) is 55.6 Å². The molecule has 0 unspecified atom stereocenters. The van der Waals surface area contributed by atoms with E-state index in [0.29, 0.717) is 11.7 Å².